The van der Waals surface area contributed by atoms with E-state index in [9.17, 15) is 4.79 Å². The van der Waals surface area contributed by atoms with Crippen LogP contribution in [0.25, 0.3) is 0 Å². The van der Waals surface area contributed by atoms with Crippen LogP contribution < -0.4 is 4.74 Å². The van der Waals surface area contributed by atoms with Gasteiger partial charge in [0.15, 0.2) is 0 Å². The number of aryl methyl sites for hydroxylation is 3. The molecule has 1 atom stereocenters. The lowest BCUT2D eigenvalue weighted by atomic mass is 10.0. The van der Waals surface area contributed by atoms with Gasteiger partial charge in [0, 0.05) is 31.3 Å². The second-order valence-electron chi connectivity index (χ2n) is 6.80. The molecule has 5 heteroatoms. The maximum Gasteiger partial charge on any atom is 0.223 e. The van der Waals surface area contributed by atoms with Crippen LogP contribution >= 0.6 is 0 Å². The number of carbonyl (C=O) groups excluding carboxylic acids is 1. The van der Waals surface area contributed by atoms with Crippen molar-refractivity contribution in [2.24, 2.45) is 7.05 Å². The van der Waals surface area contributed by atoms with E-state index in [-0.39, 0.29) is 11.9 Å². The molecule has 0 saturated carbocycles. The van der Waals surface area contributed by atoms with Gasteiger partial charge in [-0.05, 0) is 50.8 Å². The van der Waals surface area contributed by atoms with Crippen LogP contribution in [-0.4, -0.2) is 34.2 Å². The monoisotopic (exact) mass is 341 g/mol. The lowest BCUT2D eigenvalue weighted by Crippen LogP contribution is -2.31. The minimum Gasteiger partial charge on any atom is -0.497 e. The number of rotatable bonds is 5. The zero-order chi connectivity index (χ0) is 18.0. The topological polar surface area (TPSA) is 47.4 Å². The fourth-order valence-electron chi connectivity index (χ4n) is 3.86. The molecule has 1 unspecified atom stereocenters. The number of amides is 1. The second kappa shape index (κ2) is 7.30. The van der Waals surface area contributed by atoms with Crippen molar-refractivity contribution in [3.8, 4) is 5.75 Å². The predicted octanol–water partition coefficient (Wildman–Crippen LogP) is 3.34. The van der Waals surface area contributed by atoms with Crippen molar-refractivity contribution < 1.29 is 9.53 Å². The van der Waals surface area contributed by atoms with Crippen LogP contribution in [0.3, 0.4) is 0 Å². The van der Waals surface area contributed by atoms with E-state index in [4.69, 9.17) is 4.74 Å². The summed E-state index contributed by atoms with van der Waals surface area (Å²) in [5, 5.41) is 4.53. The molecule has 134 valence electrons. The average molecular weight is 341 g/mol. The van der Waals surface area contributed by atoms with Crippen LogP contribution in [0.15, 0.2) is 24.3 Å². The number of methoxy groups -OCH3 is 1. The molecule has 1 aromatic carbocycles. The summed E-state index contributed by atoms with van der Waals surface area (Å²) >= 11 is 0. The fraction of sp³-hybridized carbons (Fsp3) is 0.500. The van der Waals surface area contributed by atoms with Gasteiger partial charge in [0.1, 0.15) is 5.75 Å². The zero-order valence-corrected chi connectivity index (χ0v) is 15.6. The lowest BCUT2D eigenvalue weighted by Gasteiger charge is -2.25. The molecule has 0 N–H and O–H groups in total. The Morgan fingerprint density at radius 1 is 1.36 bits per heavy atom. The third-order valence-electron chi connectivity index (χ3n) is 5.23. The van der Waals surface area contributed by atoms with Crippen molar-refractivity contribution in [1.29, 1.82) is 0 Å². The number of aromatic nitrogens is 2. The van der Waals surface area contributed by atoms with Crippen molar-refractivity contribution in [2.45, 2.75) is 45.6 Å². The summed E-state index contributed by atoms with van der Waals surface area (Å²) in [6.45, 7) is 4.97. The van der Waals surface area contributed by atoms with E-state index >= 15 is 0 Å². The molecule has 2 heterocycles. The van der Waals surface area contributed by atoms with Gasteiger partial charge in [-0.2, -0.15) is 5.10 Å². The first kappa shape index (κ1) is 17.5. The normalized spacial score (nSPS) is 17.1. The average Bonchev–Trinajstić information content (AvgIpc) is 3.17. The molecular weight excluding hydrogens is 314 g/mol. The zero-order valence-electron chi connectivity index (χ0n) is 15.6. The number of nitrogens with zero attached hydrogens (tertiary/aromatic N) is 3. The number of carbonyl (C=O) groups is 1. The standard InChI is InChI=1S/C20H27N3O2/c1-14-20(15(2)22(3)21-14)18-9-6-12-23(18)19(24)11-10-16-7-5-8-17(13-16)25-4/h5,7-8,13,18H,6,9-12H2,1-4H3. The molecule has 3 rings (SSSR count). The Kier molecular flexibility index (Phi) is 5.11. The minimum absolute atomic E-state index is 0.173. The van der Waals surface area contributed by atoms with Gasteiger partial charge >= 0.3 is 0 Å². The highest BCUT2D eigenvalue weighted by atomic mass is 16.5. The first-order valence-electron chi connectivity index (χ1n) is 8.93. The van der Waals surface area contributed by atoms with Crippen LogP contribution in [0.2, 0.25) is 0 Å². The molecule has 0 radical (unpaired) electrons. The van der Waals surface area contributed by atoms with Crippen molar-refractivity contribution >= 4 is 5.91 Å². The number of likely N-dealkylation sites (tertiary alicyclic amines) is 1. The molecule has 1 fully saturated rings. The summed E-state index contributed by atoms with van der Waals surface area (Å²) in [6.07, 6.45) is 3.36. The minimum atomic E-state index is 0.173. The second-order valence-corrected chi connectivity index (χ2v) is 6.80. The maximum atomic E-state index is 12.9. The summed E-state index contributed by atoms with van der Waals surface area (Å²) in [5.74, 6) is 1.07. The smallest absolute Gasteiger partial charge is 0.223 e. The van der Waals surface area contributed by atoms with E-state index in [1.807, 2.05) is 42.9 Å². The molecule has 0 spiro atoms. The Bertz CT molecular complexity index is 766. The molecule has 1 aliphatic rings. The Labute approximate surface area is 149 Å². The van der Waals surface area contributed by atoms with Gasteiger partial charge in [-0.25, -0.2) is 0 Å². The Morgan fingerprint density at radius 3 is 2.84 bits per heavy atom. The van der Waals surface area contributed by atoms with Crippen LogP contribution in [-0.2, 0) is 18.3 Å². The fourth-order valence-corrected chi connectivity index (χ4v) is 3.86. The number of hydrogen-bond donors (Lipinski definition) is 0. The van der Waals surface area contributed by atoms with E-state index in [0.29, 0.717) is 6.42 Å². The van der Waals surface area contributed by atoms with Crippen LogP contribution in [0.5, 0.6) is 5.75 Å². The lowest BCUT2D eigenvalue weighted by molar-refractivity contribution is -0.132. The van der Waals surface area contributed by atoms with Gasteiger partial charge in [0.05, 0.1) is 18.8 Å². The number of ether oxygens (including phenoxy) is 1. The summed E-state index contributed by atoms with van der Waals surface area (Å²) in [4.78, 5) is 14.9. The molecule has 25 heavy (non-hydrogen) atoms. The number of hydrogen-bond acceptors (Lipinski definition) is 3. The molecular formula is C20H27N3O2. The SMILES string of the molecule is COc1cccc(CCC(=O)N2CCCC2c2c(C)nn(C)c2C)c1. The van der Waals surface area contributed by atoms with Gasteiger partial charge in [0.25, 0.3) is 0 Å². The molecule has 1 saturated heterocycles. The first-order valence-corrected chi connectivity index (χ1v) is 8.93. The summed E-state index contributed by atoms with van der Waals surface area (Å²) in [7, 11) is 3.63. The quantitative estimate of drug-likeness (QED) is 0.838. The first-order chi connectivity index (χ1) is 12.0. The van der Waals surface area contributed by atoms with Crippen molar-refractivity contribution in [3.63, 3.8) is 0 Å². The van der Waals surface area contributed by atoms with E-state index < -0.39 is 0 Å². The maximum absolute atomic E-state index is 12.9. The van der Waals surface area contributed by atoms with Crippen LogP contribution in [0, 0.1) is 13.8 Å². The molecule has 1 aliphatic heterocycles. The summed E-state index contributed by atoms with van der Waals surface area (Å²) in [5.41, 5.74) is 4.57. The highest BCUT2D eigenvalue weighted by Crippen LogP contribution is 2.35. The Hall–Kier alpha value is -2.30. The highest BCUT2D eigenvalue weighted by Gasteiger charge is 2.33. The number of benzene rings is 1. The Morgan fingerprint density at radius 2 is 2.16 bits per heavy atom. The highest BCUT2D eigenvalue weighted by molar-refractivity contribution is 5.77. The van der Waals surface area contributed by atoms with Crippen LogP contribution in [0.1, 0.15) is 47.8 Å². The summed E-state index contributed by atoms with van der Waals surface area (Å²) < 4.78 is 7.18. The van der Waals surface area contributed by atoms with Gasteiger partial charge in [-0.15, -0.1) is 0 Å². The predicted molar refractivity (Wildman–Crippen MR) is 97.7 cm³/mol. The van der Waals surface area contributed by atoms with Crippen LogP contribution in [0.4, 0.5) is 0 Å². The molecule has 0 aliphatic carbocycles. The van der Waals surface area contributed by atoms with E-state index in [0.717, 1.165) is 48.5 Å². The molecule has 2 aromatic rings. The third kappa shape index (κ3) is 3.55. The largest absolute Gasteiger partial charge is 0.497 e. The molecule has 1 aromatic heterocycles. The summed E-state index contributed by atoms with van der Waals surface area (Å²) in [6, 6.07) is 8.12. The van der Waals surface area contributed by atoms with Crippen molar-refractivity contribution in [3.05, 3.63) is 46.8 Å². The van der Waals surface area contributed by atoms with Gasteiger partial charge in [-0.3, -0.25) is 9.48 Å². The van der Waals surface area contributed by atoms with E-state index in [1.165, 1.54) is 5.56 Å². The molecule has 1 amide bonds. The van der Waals surface area contributed by atoms with Gasteiger partial charge in [0.2, 0.25) is 5.91 Å². The van der Waals surface area contributed by atoms with Gasteiger partial charge < -0.3 is 9.64 Å². The van der Waals surface area contributed by atoms with E-state index in [1.54, 1.807) is 7.11 Å². The van der Waals surface area contributed by atoms with Crippen molar-refractivity contribution in [2.75, 3.05) is 13.7 Å². The third-order valence-corrected chi connectivity index (χ3v) is 5.23. The van der Waals surface area contributed by atoms with E-state index in [2.05, 4.69) is 16.9 Å². The van der Waals surface area contributed by atoms with Crippen molar-refractivity contribution in [1.82, 2.24) is 14.7 Å². The molecule has 0 bridgehead atoms. The van der Waals surface area contributed by atoms with Gasteiger partial charge in [-0.1, -0.05) is 12.1 Å². The molecule has 5 nitrogen and oxygen atoms in total. The Balaban J connectivity index is 1.70.